The van der Waals surface area contributed by atoms with Crippen molar-refractivity contribution in [3.63, 3.8) is 0 Å². The summed E-state index contributed by atoms with van der Waals surface area (Å²) >= 11 is 0. The lowest BCUT2D eigenvalue weighted by Crippen LogP contribution is -2.39. The zero-order valence-corrected chi connectivity index (χ0v) is 17.3. The van der Waals surface area contributed by atoms with E-state index >= 15 is 0 Å². The number of unbranched alkanes of at least 4 members (excludes halogenated alkanes) is 4. The minimum absolute atomic E-state index is 0.157. The molecule has 3 heteroatoms. The fraction of sp³-hybridized carbons (Fsp3) is 0.696. The molecule has 1 N–H and O–H groups in total. The van der Waals surface area contributed by atoms with Crippen molar-refractivity contribution in [2.45, 2.75) is 90.7 Å². The number of aliphatic hydroxyl groups is 1. The third-order valence-corrected chi connectivity index (χ3v) is 5.50. The highest BCUT2D eigenvalue weighted by Crippen LogP contribution is 2.24. The van der Waals surface area contributed by atoms with Gasteiger partial charge in [0, 0.05) is 13.5 Å². The van der Waals surface area contributed by atoms with Crippen molar-refractivity contribution >= 4 is 5.91 Å². The van der Waals surface area contributed by atoms with Crippen LogP contribution in [0.2, 0.25) is 0 Å². The Morgan fingerprint density at radius 3 is 2.23 bits per heavy atom. The SMILES string of the molecule is CCCCCC[C@H](CCCC)CC(=O)N(C)C(C)C(O)c1ccccc1. The van der Waals surface area contributed by atoms with Gasteiger partial charge in [0.2, 0.25) is 5.91 Å². The van der Waals surface area contributed by atoms with Gasteiger partial charge < -0.3 is 10.0 Å². The molecular weight excluding hydrogens is 322 g/mol. The lowest BCUT2D eigenvalue weighted by Gasteiger charge is -2.30. The largest absolute Gasteiger partial charge is 0.386 e. The molecule has 0 saturated carbocycles. The zero-order valence-electron chi connectivity index (χ0n) is 17.3. The second kappa shape index (κ2) is 12.9. The Labute approximate surface area is 160 Å². The van der Waals surface area contributed by atoms with Gasteiger partial charge in [-0.25, -0.2) is 0 Å². The van der Waals surface area contributed by atoms with Crippen LogP contribution >= 0.6 is 0 Å². The van der Waals surface area contributed by atoms with Crippen LogP contribution in [0.25, 0.3) is 0 Å². The summed E-state index contributed by atoms with van der Waals surface area (Å²) in [5, 5.41) is 10.6. The van der Waals surface area contributed by atoms with Crippen molar-refractivity contribution in [2.75, 3.05) is 7.05 Å². The molecule has 26 heavy (non-hydrogen) atoms. The molecule has 0 aliphatic carbocycles. The molecule has 0 aromatic heterocycles. The second-order valence-corrected chi connectivity index (χ2v) is 7.66. The van der Waals surface area contributed by atoms with Gasteiger partial charge in [0.15, 0.2) is 0 Å². The van der Waals surface area contributed by atoms with Crippen molar-refractivity contribution in [3.05, 3.63) is 35.9 Å². The Balaban J connectivity index is 2.59. The maximum Gasteiger partial charge on any atom is 0.222 e. The molecule has 1 amide bonds. The molecule has 3 nitrogen and oxygen atoms in total. The van der Waals surface area contributed by atoms with Crippen LogP contribution in [0.3, 0.4) is 0 Å². The maximum atomic E-state index is 12.8. The monoisotopic (exact) mass is 361 g/mol. The Morgan fingerprint density at radius 2 is 1.62 bits per heavy atom. The van der Waals surface area contributed by atoms with Crippen LogP contribution in [0.15, 0.2) is 30.3 Å². The number of hydrogen-bond acceptors (Lipinski definition) is 2. The van der Waals surface area contributed by atoms with Gasteiger partial charge in [0.1, 0.15) is 0 Å². The predicted octanol–water partition coefficient (Wildman–Crippen LogP) is 5.73. The summed E-state index contributed by atoms with van der Waals surface area (Å²) in [7, 11) is 1.83. The maximum absolute atomic E-state index is 12.8. The molecule has 0 spiro atoms. The highest BCUT2D eigenvalue weighted by molar-refractivity contribution is 5.76. The number of carbonyl (C=O) groups is 1. The molecule has 0 aliphatic rings. The van der Waals surface area contributed by atoms with Gasteiger partial charge in [-0.1, -0.05) is 82.7 Å². The average molecular weight is 362 g/mol. The Morgan fingerprint density at radius 1 is 1.00 bits per heavy atom. The summed E-state index contributed by atoms with van der Waals surface area (Å²) in [6.07, 6.45) is 9.64. The summed E-state index contributed by atoms with van der Waals surface area (Å²) in [6, 6.07) is 9.38. The highest BCUT2D eigenvalue weighted by Gasteiger charge is 2.25. The summed E-state index contributed by atoms with van der Waals surface area (Å²) in [5.74, 6) is 0.631. The number of hydrogen-bond donors (Lipinski definition) is 1. The van der Waals surface area contributed by atoms with Crippen molar-refractivity contribution in [1.82, 2.24) is 4.90 Å². The minimum Gasteiger partial charge on any atom is -0.386 e. The third-order valence-electron chi connectivity index (χ3n) is 5.50. The van der Waals surface area contributed by atoms with E-state index in [4.69, 9.17) is 0 Å². The van der Waals surface area contributed by atoms with Gasteiger partial charge in [-0.3, -0.25) is 4.79 Å². The molecule has 0 bridgehead atoms. The number of amides is 1. The van der Waals surface area contributed by atoms with Crippen LogP contribution in [0.5, 0.6) is 0 Å². The standard InChI is InChI=1S/C23H39NO2/c1-5-7-9-11-15-20(14-8-6-2)18-22(25)24(4)19(3)23(26)21-16-12-10-13-17-21/h10,12-13,16-17,19-20,23,26H,5-9,11,14-15,18H2,1-4H3/t19?,20-,23?/m0/s1. The van der Waals surface area contributed by atoms with E-state index in [-0.39, 0.29) is 11.9 Å². The Hall–Kier alpha value is -1.35. The van der Waals surface area contributed by atoms with E-state index in [9.17, 15) is 9.90 Å². The molecule has 3 atom stereocenters. The molecule has 2 unspecified atom stereocenters. The first kappa shape index (κ1) is 22.7. The van der Waals surface area contributed by atoms with Gasteiger partial charge in [0.05, 0.1) is 12.1 Å². The van der Waals surface area contributed by atoms with Crippen LogP contribution in [-0.4, -0.2) is 29.0 Å². The fourth-order valence-corrected chi connectivity index (χ4v) is 3.46. The molecule has 0 aliphatic heterocycles. The predicted molar refractivity (Wildman–Crippen MR) is 110 cm³/mol. The van der Waals surface area contributed by atoms with Crippen molar-refractivity contribution < 1.29 is 9.90 Å². The number of carbonyl (C=O) groups excluding carboxylic acids is 1. The summed E-state index contributed by atoms with van der Waals surface area (Å²) in [6.45, 7) is 6.37. The Kier molecular flexibility index (Phi) is 11.3. The van der Waals surface area contributed by atoms with Crippen LogP contribution < -0.4 is 0 Å². The molecule has 1 aromatic rings. The van der Waals surface area contributed by atoms with Crippen molar-refractivity contribution in [1.29, 1.82) is 0 Å². The smallest absolute Gasteiger partial charge is 0.222 e. The summed E-state index contributed by atoms with van der Waals surface area (Å²) in [5.41, 5.74) is 0.863. The summed E-state index contributed by atoms with van der Waals surface area (Å²) < 4.78 is 0. The molecular formula is C23H39NO2. The van der Waals surface area contributed by atoms with Crippen LogP contribution in [-0.2, 0) is 4.79 Å². The first-order chi connectivity index (χ1) is 12.5. The van der Waals surface area contributed by atoms with E-state index < -0.39 is 6.10 Å². The van der Waals surface area contributed by atoms with Gasteiger partial charge >= 0.3 is 0 Å². The lowest BCUT2D eigenvalue weighted by atomic mass is 9.91. The van der Waals surface area contributed by atoms with E-state index in [0.29, 0.717) is 12.3 Å². The average Bonchev–Trinajstić information content (AvgIpc) is 2.67. The number of rotatable bonds is 13. The first-order valence-corrected chi connectivity index (χ1v) is 10.5. The normalized spacial score (nSPS) is 14.7. The first-order valence-electron chi connectivity index (χ1n) is 10.5. The van der Waals surface area contributed by atoms with E-state index in [1.54, 1.807) is 4.90 Å². The van der Waals surface area contributed by atoms with Crippen LogP contribution in [0.4, 0.5) is 0 Å². The lowest BCUT2D eigenvalue weighted by molar-refractivity contribution is -0.135. The van der Waals surface area contributed by atoms with Gasteiger partial charge in [-0.2, -0.15) is 0 Å². The van der Waals surface area contributed by atoms with Crippen molar-refractivity contribution in [2.24, 2.45) is 5.92 Å². The molecule has 1 rings (SSSR count). The number of aliphatic hydroxyl groups excluding tert-OH is 1. The summed E-state index contributed by atoms with van der Waals surface area (Å²) in [4.78, 5) is 14.5. The van der Waals surface area contributed by atoms with Crippen LogP contribution in [0.1, 0.15) is 90.2 Å². The highest BCUT2D eigenvalue weighted by atomic mass is 16.3. The second-order valence-electron chi connectivity index (χ2n) is 7.66. The molecule has 0 heterocycles. The van der Waals surface area contributed by atoms with Gasteiger partial charge in [-0.15, -0.1) is 0 Å². The topological polar surface area (TPSA) is 40.5 Å². The quantitative estimate of drug-likeness (QED) is 0.456. The number of likely N-dealkylation sites (N-methyl/N-ethyl adjacent to an activating group) is 1. The third kappa shape index (κ3) is 7.90. The molecule has 148 valence electrons. The van der Waals surface area contributed by atoms with Crippen molar-refractivity contribution in [3.8, 4) is 0 Å². The van der Waals surface area contributed by atoms with E-state index in [1.807, 2.05) is 44.3 Å². The number of nitrogens with zero attached hydrogens (tertiary/aromatic N) is 1. The minimum atomic E-state index is -0.649. The van der Waals surface area contributed by atoms with Gasteiger partial charge in [0.25, 0.3) is 0 Å². The zero-order chi connectivity index (χ0) is 19.4. The van der Waals surface area contributed by atoms with E-state index in [0.717, 1.165) is 18.4 Å². The van der Waals surface area contributed by atoms with E-state index in [1.165, 1.54) is 38.5 Å². The molecule has 0 fully saturated rings. The van der Waals surface area contributed by atoms with Crippen LogP contribution in [0, 0.1) is 5.92 Å². The Bertz CT molecular complexity index is 488. The molecule has 0 saturated heterocycles. The molecule has 1 aromatic carbocycles. The fourth-order valence-electron chi connectivity index (χ4n) is 3.46. The van der Waals surface area contributed by atoms with E-state index in [2.05, 4.69) is 13.8 Å². The number of benzene rings is 1. The molecule has 0 radical (unpaired) electrons. The van der Waals surface area contributed by atoms with Gasteiger partial charge in [-0.05, 0) is 31.2 Å².